The molecule has 0 fully saturated rings. The molecule has 1 aromatic heterocycles. The number of hydroxylamine groups is 2. The number of benzene rings is 1. The van der Waals surface area contributed by atoms with Crippen molar-refractivity contribution in [2.75, 3.05) is 0 Å². The minimum atomic E-state index is -0.843. The van der Waals surface area contributed by atoms with Crippen molar-refractivity contribution in [3.05, 3.63) is 52.8 Å². The third-order valence-electron chi connectivity index (χ3n) is 4.10. The molecular weight excluding hydrogens is 334 g/mol. The zero-order valence-corrected chi connectivity index (χ0v) is 15.4. The second kappa shape index (κ2) is 6.09. The summed E-state index contributed by atoms with van der Waals surface area (Å²) in [4.78, 5) is 42.2. The van der Waals surface area contributed by atoms with E-state index in [1.807, 2.05) is 34.6 Å². The highest BCUT2D eigenvalue weighted by Gasteiger charge is 2.39. The number of aromatic nitrogens is 2. The van der Waals surface area contributed by atoms with Crippen LogP contribution >= 0.6 is 0 Å². The summed E-state index contributed by atoms with van der Waals surface area (Å²) in [5, 5.41) is 4.83. The average Bonchev–Trinajstić information content (AvgIpc) is 3.12. The number of imide groups is 1. The van der Waals surface area contributed by atoms with Gasteiger partial charge in [-0.3, -0.25) is 14.3 Å². The molecule has 0 unspecified atom stereocenters. The standard InChI is InChI=1S/C19H21N3O4/c1-11(2)15-10-14(20-22(15)19(3,4)5)18(25)26-21-16(23)12-8-6-7-9-13(12)17(21)24/h6-11H,1-5H3. The number of nitrogens with zero attached hydrogens (tertiary/aromatic N) is 3. The van der Waals surface area contributed by atoms with E-state index in [-0.39, 0.29) is 28.3 Å². The van der Waals surface area contributed by atoms with Crippen LogP contribution in [0.1, 0.15) is 77.4 Å². The van der Waals surface area contributed by atoms with E-state index in [4.69, 9.17) is 4.84 Å². The van der Waals surface area contributed by atoms with Gasteiger partial charge in [-0.25, -0.2) is 4.79 Å². The fraction of sp³-hybridized carbons (Fsp3) is 0.368. The van der Waals surface area contributed by atoms with E-state index in [0.717, 1.165) is 5.69 Å². The van der Waals surface area contributed by atoms with Gasteiger partial charge in [0.1, 0.15) is 0 Å². The van der Waals surface area contributed by atoms with Crippen LogP contribution in [0.25, 0.3) is 0 Å². The van der Waals surface area contributed by atoms with Gasteiger partial charge in [0.15, 0.2) is 5.69 Å². The summed E-state index contributed by atoms with van der Waals surface area (Å²) in [7, 11) is 0. The van der Waals surface area contributed by atoms with Crippen LogP contribution in [-0.4, -0.2) is 32.6 Å². The van der Waals surface area contributed by atoms with Crippen LogP contribution < -0.4 is 0 Å². The first kappa shape index (κ1) is 17.8. The molecule has 0 N–H and O–H groups in total. The Morgan fingerprint density at radius 2 is 1.62 bits per heavy atom. The van der Waals surface area contributed by atoms with Gasteiger partial charge in [-0.1, -0.05) is 31.0 Å². The maximum absolute atomic E-state index is 12.5. The highest BCUT2D eigenvalue weighted by Crippen LogP contribution is 2.26. The van der Waals surface area contributed by atoms with Crippen molar-refractivity contribution in [1.82, 2.24) is 14.8 Å². The summed E-state index contributed by atoms with van der Waals surface area (Å²) in [6.45, 7) is 9.93. The van der Waals surface area contributed by atoms with E-state index in [1.165, 1.54) is 12.1 Å². The maximum Gasteiger partial charge on any atom is 0.384 e. The Hall–Kier alpha value is -2.96. The number of hydrogen-bond donors (Lipinski definition) is 0. The largest absolute Gasteiger partial charge is 0.384 e. The summed E-state index contributed by atoms with van der Waals surface area (Å²) in [6.07, 6.45) is 0. The molecule has 7 nitrogen and oxygen atoms in total. The lowest BCUT2D eigenvalue weighted by Crippen LogP contribution is -2.33. The molecule has 2 aromatic rings. The number of rotatable bonds is 3. The van der Waals surface area contributed by atoms with E-state index in [1.54, 1.807) is 22.9 Å². The third kappa shape index (κ3) is 2.89. The predicted molar refractivity (Wildman–Crippen MR) is 93.7 cm³/mol. The summed E-state index contributed by atoms with van der Waals surface area (Å²) < 4.78 is 1.76. The van der Waals surface area contributed by atoms with Crippen molar-refractivity contribution < 1.29 is 19.2 Å². The van der Waals surface area contributed by atoms with Crippen molar-refractivity contribution >= 4 is 17.8 Å². The monoisotopic (exact) mass is 355 g/mol. The van der Waals surface area contributed by atoms with Crippen LogP contribution in [0.2, 0.25) is 0 Å². The minimum absolute atomic E-state index is 0.0557. The van der Waals surface area contributed by atoms with Crippen LogP contribution in [0, 0.1) is 0 Å². The Bertz CT molecular complexity index is 871. The Morgan fingerprint density at radius 3 is 2.04 bits per heavy atom. The first-order valence-electron chi connectivity index (χ1n) is 8.42. The fourth-order valence-corrected chi connectivity index (χ4v) is 2.82. The number of carbonyl (C=O) groups excluding carboxylic acids is 3. The van der Waals surface area contributed by atoms with Crippen LogP contribution in [0.3, 0.4) is 0 Å². The zero-order valence-electron chi connectivity index (χ0n) is 15.4. The first-order valence-corrected chi connectivity index (χ1v) is 8.42. The molecule has 0 saturated carbocycles. The van der Waals surface area contributed by atoms with Gasteiger partial charge >= 0.3 is 5.97 Å². The molecule has 0 bridgehead atoms. The summed E-state index contributed by atoms with van der Waals surface area (Å²) in [5.74, 6) is -2.01. The number of hydrogen-bond acceptors (Lipinski definition) is 5. The van der Waals surface area contributed by atoms with Crippen LogP contribution in [-0.2, 0) is 10.4 Å². The molecule has 2 heterocycles. The number of fused-ring (bicyclic) bond motifs is 1. The molecule has 7 heteroatoms. The molecule has 0 aliphatic carbocycles. The molecule has 1 aromatic carbocycles. The van der Waals surface area contributed by atoms with Crippen molar-refractivity contribution in [2.45, 2.75) is 46.1 Å². The van der Waals surface area contributed by atoms with Gasteiger partial charge < -0.3 is 4.84 Å². The van der Waals surface area contributed by atoms with E-state index in [9.17, 15) is 14.4 Å². The van der Waals surface area contributed by atoms with Crippen molar-refractivity contribution in [3.63, 3.8) is 0 Å². The summed E-state index contributed by atoms with van der Waals surface area (Å²) in [6, 6.07) is 7.98. The molecule has 0 radical (unpaired) electrons. The Morgan fingerprint density at radius 1 is 1.08 bits per heavy atom. The molecule has 3 rings (SSSR count). The Balaban J connectivity index is 1.88. The molecule has 0 spiro atoms. The summed E-state index contributed by atoms with van der Waals surface area (Å²) >= 11 is 0. The van der Waals surface area contributed by atoms with Gasteiger partial charge in [0, 0.05) is 5.69 Å². The van der Waals surface area contributed by atoms with Crippen molar-refractivity contribution in [3.8, 4) is 0 Å². The lowest BCUT2D eigenvalue weighted by molar-refractivity contribution is -0.0589. The molecular formula is C19H21N3O4. The Labute approximate surface area is 151 Å². The molecule has 1 aliphatic heterocycles. The van der Waals surface area contributed by atoms with Gasteiger partial charge in [-0.2, -0.15) is 5.10 Å². The second-order valence-corrected chi connectivity index (χ2v) is 7.52. The second-order valence-electron chi connectivity index (χ2n) is 7.52. The predicted octanol–water partition coefficient (Wildman–Crippen LogP) is 3.13. The topological polar surface area (TPSA) is 81.5 Å². The number of carbonyl (C=O) groups is 3. The van der Waals surface area contributed by atoms with Gasteiger partial charge in [0.2, 0.25) is 0 Å². The van der Waals surface area contributed by atoms with Crippen molar-refractivity contribution in [1.29, 1.82) is 0 Å². The van der Waals surface area contributed by atoms with E-state index in [2.05, 4.69) is 5.10 Å². The van der Waals surface area contributed by atoms with Gasteiger partial charge in [0.25, 0.3) is 11.8 Å². The van der Waals surface area contributed by atoms with E-state index in [0.29, 0.717) is 5.06 Å². The highest BCUT2D eigenvalue weighted by molar-refractivity contribution is 6.21. The molecule has 0 saturated heterocycles. The SMILES string of the molecule is CC(C)c1cc(C(=O)ON2C(=O)c3ccccc3C2=O)nn1C(C)(C)C. The minimum Gasteiger partial charge on any atom is -0.322 e. The Kier molecular flexibility index (Phi) is 4.18. The van der Waals surface area contributed by atoms with E-state index >= 15 is 0 Å². The van der Waals surface area contributed by atoms with Gasteiger partial charge in [-0.05, 0) is 44.9 Å². The normalized spacial score (nSPS) is 14.2. The quantitative estimate of drug-likeness (QED) is 0.790. The lowest BCUT2D eigenvalue weighted by Gasteiger charge is -2.23. The highest BCUT2D eigenvalue weighted by atomic mass is 16.7. The van der Waals surface area contributed by atoms with E-state index < -0.39 is 17.8 Å². The fourth-order valence-electron chi connectivity index (χ4n) is 2.82. The maximum atomic E-state index is 12.5. The molecule has 0 atom stereocenters. The molecule has 2 amide bonds. The molecule has 1 aliphatic rings. The van der Waals surface area contributed by atoms with Gasteiger partial charge in [-0.15, -0.1) is 0 Å². The third-order valence-corrected chi connectivity index (χ3v) is 4.10. The van der Waals surface area contributed by atoms with Crippen LogP contribution in [0.15, 0.2) is 30.3 Å². The van der Waals surface area contributed by atoms with Crippen LogP contribution in [0.4, 0.5) is 0 Å². The molecule has 136 valence electrons. The number of amides is 2. The zero-order chi connectivity index (χ0) is 19.2. The average molecular weight is 355 g/mol. The van der Waals surface area contributed by atoms with Gasteiger partial charge in [0.05, 0.1) is 16.7 Å². The first-order chi connectivity index (χ1) is 12.1. The molecule has 26 heavy (non-hydrogen) atoms. The van der Waals surface area contributed by atoms with Crippen molar-refractivity contribution in [2.24, 2.45) is 0 Å². The lowest BCUT2D eigenvalue weighted by atomic mass is 10.1. The smallest absolute Gasteiger partial charge is 0.322 e. The van der Waals surface area contributed by atoms with Crippen LogP contribution in [0.5, 0.6) is 0 Å². The summed E-state index contributed by atoms with van der Waals surface area (Å²) in [5.41, 5.74) is 1.03.